The van der Waals surface area contributed by atoms with Crippen molar-refractivity contribution in [3.05, 3.63) is 0 Å². The summed E-state index contributed by atoms with van der Waals surface area (Å²) in [6.07, 6.45) is 32.5. The predicted octanol–water partition coefficient (Wildman–Crippen LogP) is 1.75. The van der Waals surface area contributed by atoms with Crippen molar-refractivity contribution in [2.75, 3.05) is 121 Å². The highest BCUT2D eigenvalue weighted by Gasteiger charge is 2.25. The number of nitrogens with zero attached hydrogens (tertiary/aromatic N) is 4. The van der Waals surface area contributed by atoms with Crippen LogP contribution < -0.4 is 50.9 Å². The predicted molar refractivity (Wildman–Crippen MR) is 257 cm³/mol. The molecule has 0 aromatic carbocycles. The van der Waals surface area contributed by atoms with Gasteiger partial charge < -0.3 is 83.5 Å². The van der Waals surface area contributed by atoms with Crippen molar-refractivity contribution in [2.45, 2.75) is 194 Å². The van der Waals surface area contributed by atoms with Crippen LogP contribution in [0, 0.1) is 0 Å². The molecule has 0 atom stereocenters. The van der Waals surface area contributed by atoms with Crippen molar-refractivity contribution in [3.63, 3.8) is 0 Å². The lowest BCUT2D eigenvalue weighted by Gasteiger charge is -2.32. The lowest BCUT2D eigenvalue weighted by atomic mass is 10.1. The molecule has 0 N–H and O–H groups in total. The second-order valence-corrected chi connectivity index (χ2v) is 20.4. The summed E-state index contributed by atoms with van der Waals surface area (Å²) < 4.78 is 18.8. The lowest BCUT2D eigenvalue weighted by Crippen LogP contribution is -3.00. The van der Waals surface area contributed by atoms with Crippen LogP contribution in [0.4, 0.5) is 0 Å². The van der Waals surface area contributed by atoms with E-state index in [9.17, 15) is 14.4 Å². The fourth-order valence-corrected chi connectivity index (χ4v) is 8.19. The summed E-state index contributed by atoms with van der Waals surface area (Å²) >= 11 is 0. The minimum absolute atomic E-state index is 0. The average molecular weight is 1110 g/mol. The maximum absolute atomic E-state index is 12.7. The van der Waals surface area contributed by atoms with Crippen molar-refractivity contribution < 1.29 is 93.0 Å². The van der Waals surface area contributed by atoms with Gasteiger partial charge in [-0.1, -0.05) is 156 Å². The maximum Gasteiger partial charge on any atom is 0.361 e. The number of rotatable bonds is 45. The van der Waals surface area contributed by atoms with Crippen molar-refractivity contribution in [3.8, 4) is 0 Å². The van der Waals surface area contributed by atoms with Crippen molar-refractivity contribution in [1.29, 1.82) is 0 Å². The third-order valence-corrected chi connectivity index (χ3v) is 12.2. The molecule has 0 saturated carbocycles. The third kappa shape index (κ3) is 48.2. The minimum Gasteiger partial charge on any atom is -1.00 e. The molecule has 10 nitrogen and oxygen atoms in total. The summed E-state index contributed by atoms with van der Waals surface area (Å²) in [5.74, 6) is -0.299. The molecule has 13 heteroatoms. The van der Waals surface area contributed by atoms with E-state index in [1.807, 2.05) is 0 Å². The lowest BCUT2D eigenvalue weighted by molar-refractivity contribution is -0.883. The Morgan fingerprint density at radius 1 is 0.328 bits per heavy atom. The van der Waals surface area contributed by atoms with Crippen LogP contribution in [-0.2, 0) is 28.6 Å². The molecule has 0 unspecified atom stereocenters. The molecule has 64 heavy (non-hydrogen) atoms. The second-order valence-electron chi connectivity index (χ2n) is 20.4. The van der Waals surface area contributed by atoms with Crippen LogP contribution >= 0.6 is 0 Å². The summed E-state index contributed by atoms with van der Waals surface area (Å²) in [5.41, 5.74) is 0. The van der Waals surface area contributed by atoms with E-state index in [1.165, 1.54) is 116 Å². The number of hydrogen-bond acceptors (Lipinski definition) is 7. The van der Waals surface area contributed by atoms with Crippen molar-refractivity contribution in [2.24, 2.45) is 0 Å². The van der Waals surface area contributed by atoms with Crippen LogP contribution in [0.5, 0.6) is 0 Å². The van der Waals surface area contributed by atoms with Gasteiger partial charge in [-0.05, 0) is 19.3 Å². The molecule has 0 aliphatic heterocycles. The van der Waals surface area contributed by atoms with E-state index in [-0.39, 0.29) is 68.9 Å². The summed E-state index contributed by atoms with van der Waals surface area (Å²) in [5, 5.41) is 0. The molecule has 0 saturated heterocycles. The molecule has 0 heterocycles. The molecular weight excluding hydrogens is 1000 g/mol. The summed E-state index contributed by atoms with van der Waals surface area (Å²) in [4.78, 5) is 40.8. The number of unbranched alkanes of at least 4 members (excludes halogenated alkanes) is 21. The second kappa shape index (κ2) is 46.4. The van der Waals surface area contributed by atoms with E-state index >= 15 is 0 Å². The molecule has 0 fully saturated rings. The highest BCUT2D eigenvalue weighted by molar-refractivity contribution is 5.71. The van der Waals surface area contributed by atoms with Crippen molar-refractivity contribution in [1.82, 2.24) is 4.90 Å². The van der Waals surface area contributed by atoms with E-state index in [0.29, 0.717) is 52.9 Å². The molecule has 0 aliphatic carbocycles. The highest BCUT2D eigenvalue weighted by Crippen LogP contribution is 2.13. The smallest absolute Gasteiger partial charge is 0.361 e. The Morgan fingerprint density at radius 2 is 0.531 bits per heavy atom. The summed E-state index contributed by atoms with van der Waals surface area (Å²) in [6.45, 7) is 15.0. The van der Waals surface area contributed by atoms with E-state index in [0.717, 1.165) is 97.1 Å². The molecule has 0 amide bonds. The quantitative estimate of drug-likeness (QED) is 0.0399. The van der Waals surface area contributed by atoms with Crippen LogP contribution in [0.15, 0.2) is 0 Å². The number of ether oxygens (including phenoxy) is 3. The van der Waals surface area contributed by atoms with Gasteiger partial charge in [0, 0.05) is 38.9 Å². The Hall–Kier alpha value is -0.310. The van der Waals surface area contributed by atoms with Gasteiger partial charge in [0.1, 0.15) is 0 Å². The first-order chi connectivity index (χ1) is 29.1. The van der Waals surface area contributed by atoms with Gasteiger partial charge in [-0.15, -0.1) is 0 Å². The number of likely N-dealkylation sites (N-methyl/N-ethyl adjacent to an activating group) is 3. The molecule has 0 aliphatic rings. The van der Waals surface area contributed by atoms with Gasteiger partial charge in [0.25, 0.3) is 0 Å². The number of carbonyl (C=O) groups excluding carboxylic acids is 3. The van der Waals surface area contributed by atoms with Gasteiger partial charge in [-0.25, -0.2) is 14.4 Å². The van der Waals surface area contributed by atoms with Gasteiger partial charge in [0.15, 0.2) is 19.6 Å². The van der Waals surface area contributed by atoms with Crippen LogP contribution in [0.1, 0.15) is 194 Å². The van der Waals surface area contributed by atoms with Crippen LogP contribution in [0.2, 0.25) is 0 Å². The molecule has 0 aromatic heterocycles. The zero-order chi connectivity index (χ0) is 45.5. The summed E-state index contributed by atoms with van der Waals surface area (Å²) in [6, 6.07) is 0. The van der Waals surface area contributed by atoms with Crippen LogP contribution in [0.3, 0.4) is 0 Å². The first-order valence-corrected chi connectivity index (χ1v) is 25.8. The first-order valence-electron chi connectivity index (χ1n) is 25.8. The number of hydrogen-bond donors (Lipinski definition) is 0. The van der Waals surface area contributed by atoms with Gasteiger partial charge in [0.2, 0.25) is 0 Å². The molecule has 0 rings (SSSR count). The highest BCUT2D eigenvalue weighted by atomic mass is 79.9. The van der Waals surface area contributed by atoms with E-state index in [2.05, 4.69) is 68.0 Å². The Bertz CT molecular complexity index is 941. The summed E-state index contributed by atoms with van der Waals surface area (Å²) in [7, 11) is 12.8. The van der Waals surface area contributed by atoms with E-state index in [4.69, 9.17) is 14.2 Å². The van der Waals surface area contributed by atoms with Crippen LogP contribution in [0.25, 0.3) is 0 Å². The fraction of sp³-hybridized carbons (Fsp3) is 0.941. The zero-order valence-corrected chi connectivity index (χ0v) is 48.2. The molecule has 0 radical (unpaired) electrons. The van der Waals surface area contributed by atoms with E-state index < -0.39 is 0 Å². The van der Waals surface area contributed by atoms with Gasteiger partial charge in [-0.3, -0.25) is 0 Å². The molecule has 0 spiro atoms. The fourth-order valence-electron chi connectivity index (χ4n) is 8.19. The Kier molecular flexibility index (Phi) is 51.0. The normalized spacial score (nSPS) is 11.7. The molecular formula is C51H105Br3N4O6. The number of halogens is 3. The molecule has 0 bridgehead atoms. The van der Waals surface area contributed by atoms with Gasteiger partial charge >= 0.3 is 17.9 Å². The van der Waals surface area contributed by atoms with Gasteiger partial charge in [0.05, 0.1) is 81.7 Å². The molecule has 386 valence electrons. The largest absolute Gasteiger partial charge is 1.00 e. The van der Waals surface area contributed by atoms with Gasteiger partial charge in [-0.2, -0.15) is 0 Å². The Balaban J connectivity index is -0.00000600. The number of carbonyl (C=O) groups is 3. The zero-order valence-electron chi connectivity index (χ0n) is 43.4. The Morgan fingerprint density at radius 3 is 0.750 bits per heavy atom. The average Bonchev–Trinajstić information content (AvgIpc) is 3.18. The Labute approximate surface area is 428 Å². The van der Waals surface area contributed by atoms with Crippen molar-refractivity contribution >= 4 is 17.9 Å². The topological polar surface area (TPSA) is 82.1 Å². The first kappa shape index (κ1) is 70.3. The van der Waals surface area contributed by atoms with Crippen LogP contribution in [-0.4, -0.2) is 157 Å². The standard InChI is InChI=1S/C51H105N4O6.3BrH/c1-10-13-16-19-22-25-28-31-43-59-49(56)46-53(4,5)40-34-37-52(38-35-41-54(6,7)47-50(57)60-44-32-29-26-23-20-17-14-11-2)39-36-42-55(8,9)48-51(58)61-45-33-30-27-24-21-18-15-12-3;;;/h10-48H2,1-9H3;3*1H/q+3;;;/p-3. The maximum atomic E-state index is 12.7. The molecule has 0 aromatic rings. The number of quaternary nitrogens is 3. The monoisotopic (exact) mass is 1110 g/mol. The third-order valence-electron chi connectivity index (χ3n) is 12.2. The SMILES string of the molecule is CCCCCCCCCCOC(=O)C[N+](C)(C)CCCN(CCC[N+](C)(C)CC(=O)OCCCCCCCCCC)CCC[N+](C)(C)CC(=O)OCCCCCCCCCC.[Br-].[Br-].[Br-]. The minimum atomic E-state index is -0.0996. The number of esters is 3. The van der Waals surface area contributed by atoms with E-state index in [1.54, 1.807) is 0 Å².